The SMILES string of the molecule is Nc1cc(-c2cccc(Br)c2)nn1-c1cccc(F)c1. The summed E-state index contributed by atoms with van der Waals surface area (Å²) in [4.78, 5) is 0. The minimum Gasteiger partial charge on any atom is -0.384 e. The summed E-state index contributed by atoms with van der Waals surface area (Å²) in [5.41, 5.74) is 8.26. The fraction of sp³-hybridized carbons (Fsp3) is 0. The highest BCUT2D eigenvalue weighted by molar-refractivity contribution is 9.10. The Morgan fingerprint density at radius 3 is 2.60 bits per heavy atom. The van der Waals surface area contributed by atoms with Gasteiger partial charge in [0.25, 0.3) is 0 Å². The van der Waals surface area contributed by atoms with Crippen LogP contribution in [0.4, 0.5) is 10.2 Å². The van der Waals surface area contributed by atoms with Crippen LogP contribution in [0.5, 0.6) is 0 Å². The summed E-state index contributed by atoms with van der Waals surface area (Å²) in [5, 5.41) is 4.44. The second-order valence-electron chi connectivity index (χ2n) is 4.36. The number of hydrogen-bond acceptors (Lipinski definition) is 2. The molecule has 0 bridgehead atoms. The third-order valence-electron chi connectivity index (χ3n) is 2.91. The van der Waals surface area contributed by atoms with Gasteiger partial charge in [-0.2, -0.15) is 5.10 Å². The van der Waals surface area contributed by atoms with Crippen molar-refractivity contribution in [2.45, 2.75) is 0 Å². The number of hydrogen-bond donors (Lipinski definition) is 1. The second kappa shape index (κ2) is 5.09. The molecule has 3 rings (SSSR count). The van der Waals surface area contributed by atoms with Crippen molar-refractivity contribution < 1.29 is 4.39 Å². The summed E-state index contributed by atoms with van der Waals surface area (Å²) in [6.07, 6.45) is 0. The smallest absolute Gasteiger partial charge is 0.127 e. The minimum absolute atomic E-state index is 0.318. The van der Waals surface area contributed by atoms with E-state index in [1.165, 1.54) is 16.8 Å². The van der Waals surface area contributed by atoms with Crippen molar-refractivity contribution in [2.24, 2.45) is 0 Å². The maximum Gasteiger partial charge on any atom is 0.127 e. The van der Waals surface area contributed by atoms with E-state index < -0.39 is 0 Å². The van der Waals surface area contributed by atoms with Crippen LogP contribution in [0.3, 0.4) is 0 Å². The molecule has 0 saturated heterocycles. The molecule has 0 aliphatic carbocycles. The molecule has 0 spiro atoms. The van der Waals surface area contributed by atoms with E-state index in [2.05, 4.69) is 21.0 Å². The molecule has 0 amide bonds. The van der Waals surface area contributed by atoms with E-state index >= 15 is 0 Å². The normalized spacial score (nSPS) is 10.7. The molecule has 0 aliphatic rings. The molecule has 2 N–H and O–H groups in total. The van der Waals surface area contributed by atoms with Gasteiger partial charge in [-0.1, -0.05) is 34.1 Å². The summed E-state index contributed by atoms with van der Waals surface area (Å²) >= 11 is 3.42. The van der Waals surface area contributed by atoms with E-state index in [-0.39, 0.29) is 5.82 Å². The average Bonchev–Trinajstić information content (AvgIpc) is 2.81. The van der Waals surface area contributed by atoms with Crippen LogP contribution in [0.25, 0.3) is 16.9 Å². The van der Waals surface area contributed by atoms with Crippen molar-refractivity contribution in [3.05, 3.63) is 64.9 Å². The molecule has 0 saturated carbocycles. The largest absolute Gasteiger partial charge is 0.384 e. The highest BCUT2D eigenvalue weighted by Crippen LogP contribution is 2.25. The topological polar surface area (TPSA) is 43.8 Å². The van der Waals surface area contributed by atoms with Gasteiger partial charge in [-0.3, -0.25) is 0 Å². The Balaban J connectivity index is 2.08. The zero-order valence-corrected chi connectivity index (χ0v) is 12.0. The molecular weight excluding hydrogens is 321 g/mol. The molecule has 0 aliphatic heterocycles. The highest BCUT2D eigenvalue weighted by Gasteiger charge is 2.09. The van der Waals surface area contributed by atoms with Gasteiger partial charge >= 0.3 is 0 Å². The molecule has 100 valence electrons. The number of rotatable bonds is 2. The third-order valence-corrected chi connectivity index (χ3v) is 3.40. The van der Waals surface area contributed by atoms with Crippen molar-refractivity contribution in [2.75, 3.05) is 5.73 Å². The highest BCUT2D eigenvalue weighted by atomic mass is 79.9. The zero-order valence-electron chi connectivity index (χ0n) is 10.4. The number of nitrogen functional groups attached to an aromatic ring is 1. The van der Waals surface area contributed by atoms with Gasteiger partial charge in [0.2, 0.25) is 0 Å². The number of anilines is 1. The first kappa shape index (κ1) is 12.9. The van der Waals surface area contributed by atoms with Gasteiger partial charge in [0.05, 0.1) is 11.4 Å². The van der Waals surface area contributed by atoms with Crippen molar-refractivity contribution in [1.29, 1.82) is 0 Å². The van der Waals surface area contributed by atoms with Crippen LogP contribution in [-0.4, -0.2) is 9.78 Å². The van der Waals surface area contributed by atoms with E-state index in [1.807, 2.05) is 24.3 Å². The zero-order chi connectivity index (χ0) is 14.1. The lowest BCUT2D eigenvalue weighted by Crippen LogP contribution is -2.01. The van der Waals surface area contributed by atoms with E-state index in [4.69, 9.17) is 5.73 Å². The van der Waals surface area contributed by atoms with Crippen LogP contribution in [0.1, 0.15) is 0 Å². The third kappa shape index (κ3) is 2.44. The van der Waals surface area contributed by atoms with Crippen molar-refractivity contribution in [3.63, 3.8) is 0 Å². The summed E-state index contributed by atoms with van der Waals surface area (Å²) in [6, 6.07) is 15.7. The number of benzene rings is 2. The molecule has 0 radical (unpaired) electrons. The van der Waals surface area contributed by atoms with Crippen LogP contribution < -0.4 is 5.73 Å². The van der Waals surface area contributed by atoms with Crippen LogP contribution in [-0.2, 0) is 0 Å². The van der Waals surface area contributed by atoms with Gasteiger partial charge in [0.1, 0.15) is 11.6 Å². The minimum atomic E-state index is -0.318. The molecule has 0 unspecified atom stereocenters. The first-order chi connectivity index (χ1) is 9.63. The summed E-state index contributed by atoms with van der Waals surface area (Å²) in [6.45, 7) is 0. The van der Waals surface area contributed by atoms with Crippen molar-refractivity contribution in [1.82, 2.24) is 9.78 Å². The number of nitrogens with zero attached hydrogens (tertiary/aromatic N) is 2. The van der Waals surface area contributed by atoms with Crippen LogP contribution in [0, 0.1) is 5.82 Å². The summed E-state index contributed by atoms with van der Waals surface area (Å²) < 4.78 is 15.8. The molecule has 1 heterocycles. The van der Waals surface area contributed by atoms with Crippen molar-refractivity contribution >= 4 is 21.7 Å². The maximum absolute atomic E-state index is 13.3. The summed E-state index contributed by atoms with van der Waals surface area (Å²) in [5.74, 6) is 0.145. The Labute approximate surface area is 124 Å². The Morgan fingerprint density at radius 2 is 1.85 bits per heavy atom. The van der Waals surface area contributed by atoms with Gasteiger partial charge in [-0.15, -0.1) is 0 Å². The predicted molar refractivity (Wildman–Crippen MR) is 81.1 cm³/mol. The molecule has 3 aromatic rings. The van der Waals surface area contributed by atoms with E-state index in [9.17, 15) is 4.39 Å². The predicted octanol–water partition coefficient (Wildman–Crippen LogP) is 4.02. The number of halogens is 2. The molecule has 20 heavy (non-hydrogen) atoms. The number of nitrogens with two attached hydrogens (primary N) is 1. The molecule has 3 nitrogen and oxygen atoms in total. The van der Waals surface area contributed by atoms with Gasteiger partial charge in [-0.25, -0.2) is 9.07 Å². The molecule has 0 fully saturated rings. The fourth-order valence-electron chi connectivity index (χ4n) is 2.00. The molecule has 0 atom stereocenters. The van der Waals surface area contributed by atoms with Crippen LogP contribution in [0.2, 0.25) is 0 Å². The monoisotopic (exact) mass is 331 g/mol. The Bertz CT molecular complexity index is 767. The lowest BCUT2D eigenvalue weighted by Gasteiger charge is -2.03. The van der Waals surface area contributed by atoms with Crippen LogP contribution >= 0.6 is 15.9 Å². The standard InChI is InChI=1S/C15H11BrFN3/c16-11-4-1-3-10(7-11)14-9-15(18)20(19-14)13-6-2-5-12(17)8-13/h1-9H,18H2. The van der Waals surface area contributed by atoms with Gasteiger partial charge in [0, 0.05) is 16.1 Å². The molecule has 1 aromatic heterocycles. The van der Waals surface area contributed by atoms with Crippen molar-refractivity contribution in [3.8, 4) is 16.9 Å². The fourth-order valence-corrected chi connectivity index (χ4v) is 2.40. The Kier molecular flexibility index (Phi) is 3.28. The van der Waals surface area contributed by atoms with E-state index in [0.29, 0.717) is 11.5 Å². The lowest BCUT2D eigenvalue weighted by molar-refractivity contribution is 0.625. The maximum atomic E-state index is 13.3. The average molecular weight is 332 g/mol. The quantitative estimate of drug-likeness (QED) is 0.770. The molecule has 2 aromatic carbocycles. The Morgan fingerprint density at radius 1 is 1.05 bits per heavy atom. The van der Waals surface area contributed by atoms with Gasteiger partial charge in [-0.05, 0) is 30.3 Å². The molecule has 5 heteroatoms. The van der Waals surface area contributed by atoms with Gasteiger partial charge < -0.3 is 5.73 Å². The first-order valence-corrected chi connectivity index (χ1v) is 6.80. The van der Waals surface area contributed by atoms with E-state index in [1.54, 1.807) is 18.2 Å². The second-order valence-corrected chi connectivity index (χ2v) is 5.27. The number of aromatic nitrogens is 2. The first-order valence-electron chi connectivity index (χ1n) is 6.01. The van der Waals surface area contributed by atoms with Gasteiger partial charge in [0.15, 0.2) is 0 Å². The van der Waals surface area contributed by atoms with E-state index in [0.717, 1.165) is 15.7 Å². The molecular formula is C15H11BrFN3. The van der Waals surface area contributed by atoms with Crippen LogP contribution in [0.15, 0.2) is 59.1 Å². The lowest BCUT2D eigenvalue weighted by atomic mass is 10.2. The summed E-state index contributed by atoms with van der Waals surface area (Å²) in [7, 11) is 0. The Hall–Kier alpha value is -2.14.